The van der Waals surface area contributed by atoms with E-state index in [0.717, 1.165) is 6.61 Å². The third kappa shape index (κ3) is 1.19. The molecule has 1 nitrogen and oxygen atoms in total. The fraction of sp³-hybridized carbons (Fsp3) is 1.00. The van der Waals surface area contributed by atoms with Crippen LogP contribution in [0.1, 0.15) is 25.7 Å². The molecule has 1 unspecified atom stereocenters. The Hall–Kier alpha value is 0.310. The van der Waals surface area contributed by atoms with Crippen LogP contribution in [0.4, 0.5) is 0 Å². The molecule has 2 aliphatic rings. The molecular formula is C8H14OS. The van der Waals surface area contributed by atoms with Crippen molar-refractivity contribution in [2.24, 2.45) is 0 Å². The monoisotopic (exact) mass is 158 g/mol. The van der Waals surface area contributed by atoms with Crippen molar-refractivity contribution in [1.82, 2.24) is 0 Å². The van der Waals surface area contributed by atoms with Gasteiger partial charge in [0.25, 0.3) is 0 Å². The minimum absolute atomic E-state index is 0.348. The highest BCUT2D eigenvalue weighted by molar-refractivity contribution is 7.99. The first-order valence-electron chi connectivity index (χ1n) is 4.13. The zero-order valence-corrected chi connectivity index (χ0v) is 7.08. The molecule has 2 saturated heterocycles. The molecule has 0 radical (unpaired) electrons. The highest BCUT2D eigenvalue weighted by Gasteiger charge is 2.38. The molecule has 0 aromatic rings. The van der Waals surface area contributed by atoms with Crippen LogP contribution in [0.5, 0.6) is 0 Å². The van der Waals surface area contributed by atoms with Gasteiger partial charge >= 0.3 is 0 Å². The van der Waals surface area contributed by atoms with E-state index >= 15 is 0 Å². The summed E-state index contributed by atoms with van der Waals surface area (Å²) in [5.74, 6) is 2.61. The molecule has 2 heteroatoms. The number of rotatable bonds is 0. The molecule has 0 aromatic heterocycles. The van der Waals surface area contributed by atoms with E-state index in [1.807, 2.05) is 0 Å². The summed E-state index contributed by atoms with van der Waals surface area (Å²) >= 11 is 2.07. The lowest BCUT2D eigenvalue weighted by Crippen LogP contribution is -2.45. The summed E-state index contributed by atoms with van der Waals surface area (Å²) in [6.45, 7) is 1.01. The number of hydrogen-bond donors (Lipinski definition) is 0. The number of hydrogen-bond acceptors (Lipinski definition) is 2. The average Bonchev–Trinajstić information content (AvgIpc) is 2.08. The predicted octanol–water partition coefficient (Wildman–Crippen LogP) is 2.06. The maximum absolute atomic E-state index is 5.62. The molecule has 2 heterocycles. The van der Waals surface area contributed by atoms with Crippen LogP contribution in [0.25, 0.3) is 0 Å². The van der Waals surface area contributed by atoms with E-state index in [1.54, 1.807) is 0 Å². The fourth-order valence-electron chi connectivity index (χ4n) is 1.68. The number of thioether (sulfide) groups is 1. The first-order chi connectivity index (χ1) is 4.91. The predicted molar refractivity (Wildman–Crippen MR) is 44.5 cm³/mol. The van der Waals surface area contributed by atoms with Crippen molar-refractivity contribution in [1.29, 1.82) is 0 Å². The molecule has 2 fully saturated rings. The van der Waals surface area contributed by atoms with Gasteiger partial charge in [0, 0.05) is 12.2 Å². The van der Waals surface area contributed by atoms with Crippen LogP contribution in [0.3, 0.4) is 0 Å². The van der Waals surface area contributed by atoms with Crippen LogP contribution in [-0.2, 0) is 4.74 Å². The normalized spacial score (nSPS) is 40.8. The van der Waals surface area contributed by atoms with E-state index in [2.05, 4.69) is 11.8 Å². The second-order valence-electron chi connectivity index (χ2n) is 3.29. The Bertz CT molecular complexity index is 110. The van der Waals surface area contributed by atoms with Crippen molar-refractivity contribution >= 4 is 11.8 Å². The fourth-order valence-corrected chi connectivity index (χ4v) is 2.98. The zero-order valence-electron chi connectivity index (χ0n) is 6.27. The van der Waals surface area contributed by atoms with E-state index in [9.17, 15) is 0 Å². The summed E-state index contributed by atoms with van der Waals surface area (Å²) in [6.07, 6.45) is 5.42. The van der Waals surface area contributed by atoms with E-state index in [1.165, 1.54) is 37.2 Å². The Morgan fingerprint density at radius 3 is 2.80 bits per heavy atom. The van der Waals surface area contributed by atoms with Gasteiger partial charge < -0.3 is 4.74 Å². The molecule has 10 heavy (non-hydrogen) atoms. The van der Waals surface area contributed by atoms with E-state index in [0.29, 0.717) is 5.60 Å². The molecule has 0 amide bonds. The van der Waals surface area contributed by atoms with Crippen LogP contribution in [0.15, 0.2) is 0 Å². The first-order valence-corrected chi connectivity index (χ1v) is 5.29. The lowest BCUT2D eigenvalue weighted by molar-refractivity contribution is -0.134. The summed E-state index contributed by atoms with van der Waals surface area (Å²) in [5.41, 5.74) is 0.348. The van der Waals surface area contributed by atoms with Crippen LogP contribution in [0, 0.1) is 0 Å². The third-order valence-corrected chi connectivity index (χ3v) is 3.81. The van der Waals surface area contributed by atoms with Crippen LogP contribution >= 0.6 is 11.8 Å². The van der Waals surface area contributed by atoms with Gasteiger partial charge in [0.2, 0.25) is 0 Å². The minimum Gasteiger partial charge on any atom is -0.374 e. The summed E-state index contributed by atoms with van der Waals surface area (Å²) < 4.78 is 5.62. The van der Waals surface area contributed by atoms with Gasteiger partial charge in [0.15, 0.2) is 0 Å². The smallest absolute Gasteiger partial charge is 0.0794 e. The van der Waals surface area contributed by atoms with Gasteiger partial charge in [-0.05, 0) is 25.0 Å². The van der Waals surface area contributed by atoms with Crippen molar-refractivity contribution in [3.8, 4) is 0 Å². The van der Waals surface area contributed by atoms with Gasteiger partial charge in [0.1, 0.15) is 0 Å². The maximum Gasteiger partial charge on any atom is 0.0794 e. The standard InChI is InChI=1S/C8H14OS/c1-2-6-10-7-8(3-1)4-5-9-8/h1-7H2. The van der Waals surface area contributed by atoms with Gasteiger partial charge in [-0.3, -0.25) is 0 Å². The van der Waals surface area contributed by atoms with E-state index < -0.39 is 0 Å². The zero-order chi connectivity index (χ0) is 6.86. The summed E-state index contributed by atoms with van der Waals surface area (Å²) in [6, 6.07) is 0. The third-order valence-electron chi connectivity index (χ3n) is 2.50. The topological polar surface area (TPSA) is 9.23 Å². The molecular weight excluding hydrogens is 144 g/mol. The summed E-state index contributed by atoms with van der Waals surface area (Å²) in [5, 5.41) is 0. The van der Waals surface area contributed by atoms with Crippen molar-refractivity contribution in [2.45, 2.75) is 31.3 Å². The molecule has 2 rings (SSSR count). The Labute approximate surface area is 66.5 Å². The molecule has 2 aliphatic heterocycles. The second kappa shape index (κ2) is 2.74. The molecule has 1 spiro atoms. The molecule has 0 saturated carbocycles. The summed E-state index contributed by atoms with van der Waals surface area (Å²) in [4.78, 5) is 0. The molecule has 58 valence electrons. The van der Waals surface area contributed by atoms with Gasteiger partial charge in [-0.15, -0.1) is 0 Å². The Morgan fingerprint density at radius 2 is 2.10 bits per heavy atom. The SMILES string of the molecule is C1CCC2(CCO2)CSC1. The van der Waals surface area contributed by atoms with Crippen LogP contribution < -0.4 is 0 Å². The van der Waals surface area contributed by atoms with E-state index in [-0.39, 0.29) is 0 Å². The van der Waals surface area contributed by atoms with Crippen molar-refractivity contribution < 1.29 is 4.74 Å². The van der Waals surface area contributed by atoms with Crippen LogP contribution in [-0.4, -0.2) is 23.7 Å². The minimum atomic E-state index is 0.348. The quantitative estimate of drug-likeness (QED) is 0.533. The van der Waals surface area contributed by atoms with Gasteiger partial charge in [-0.2, -0.15) is 11.8 Å². The summed E-state index contributed by atoms with van der Waals surface area (Å²) in [7, 11) is 0. The molecule has 0 bridgehead atoms. The first kappa shape index (κ1) is 6.99. The van der Waals surface area contributed by atoms with Crippen LogP contribution in [0.2, 0.25) is 0 Å². The lowest BCUT2D eigenvalue weighted by Gasteiger charge is -2.41. The van der Waals surface area contributed by atoms with Gasteiger partial charge in [0.05, 0.1) is 12.2 Å². The second-order valence-corrected chi connectivity index (χ2v) is 4.40. The highest BCUT2D eigenvalue weighted by Crippen LogP contribution is 2.37. The largest absolute Gasteiger partial charge is 0.374 e. The van der Waals surface area contributed by atoms with Crippen molar-refractivity contribution in [3.63, 3.8) is 0 Å². The molecule has 0 aromatic carbocycles. The van der Waals surface area contributed by atoms with Gasteiger partial charge in [-0.1, -0.05) is 0 Å². The van der Waals surface area contributed by atoms with Gasteiger partial charge in [-0.25, -0.2) is 0 Å². The highest BCUT2D eigenvalue weighted by atomic mass is 32.2. The molecule has 0 aliphatic carbocycles. The molecule has 1 atom stereocenters. The van der Waals surface area contributed by atoms with Crippen molar-refractivity contribution in [2.75, 3.05) is 18.1 Å². The Kier molecular flexibility index (Phi) is 1.92. The maximum atomic E-state index is 5.62. The molecule has 0 N–H and O–H groups in total. The number of ether oxygens (including phenoxy) is 1. The lowest BCUT2D eigenvalue weighted by atomic mass is 9.91. The van der Waals surface area contributed by atoms with E-state index in [4.69, 9.17) is 4.74 Å². The van der Waals surface area contributed by atoms with Crippen molar-refractivity contribution in [3.05, 3.63) is 0 Å². The Morgan fingerprint density at radius 1 is 1.20 bits per heavy atom. The average molecular weight is 158 g/mol. The Balaban J connectivity index is 1.92.